The molecule has 2 aromatic rings. The molecule has 0 saturated carbocycles. The number of aromatic nitrogens is 1. The van der Waals surface area contributed by atoms with Gasteiger partial charge in [0, 0.05) is 11.5 Å². The van der Waals surface area contributed by atoms with Gasteiger partial charge in [0.05, 0.1) is 5.69 Å². The molecule has 1 unspecified atom stereocenters. The fourth-order valence-electron chi connectivity index (χ4n) is 1.01. The molecule has 11 heavy (non-hydrogen) atoms. The van der Waals surface area contributed by atoms with Crippen LogP contribution in [-0.4, -0.2) is 4.98 Å². The van der Waals surface area contributed by atoms with Crippen LogP contribution in [-0.2, 0) is 0 Å². The number of hydrogen-bond acceptors (Lipinski definition) is 1. The van der Waals surface area contributed by atoms with Gasteiger partial charge in [-0.15, -0.1) is 8.19 Å². The van der Waals surface area contributed by atoms with E-state index in [0.717, 1.165) is 13.9 Å². The summed E-state index contributed by atoms with van der Waals surface area (Å²) < 4.78 is 0. The predicted octanol–water partition coefficient (Wildman–Crippen LogP) is 2.78. The van der Waals surface area contributed by atoms with Crippen LogP contribution in [0.1, 0.15) is 0 Å². The van der Waals surface area contributed by atoms with Crippen molar-refractivity contribution < 1.29 is 0 Å². The van der Waals surface area contributed by atoms with Gasteiger partial charge in [-0.05, 0) is 24.0 Å². The highest BCUT2D eigenvalue weighted by Crippen LogP contribution is 2.25. The molecule has 2 heteroatoms. The van der Waals surface area contributed by atoms with Crippen LogP contribution in [0.15, 0.2) is 42.3 Å². The van der Waals surface area contributed by atoms with Crippen LogP contribution in [0.5, 0.6) is 0 Å². The lowest BCUT2D eigenvalue weighted by Gasteiger charge is -1.93. The van der Waals surface area contributed by atoms with Gasteiger partial charge in [0.2, 0.25) is 0 Å². The molecular weight excluding hydrogens is 153 g/mol. The Morgan fingerprint density at radius 2 is 2.09 bits per heavy atom. The van der Waals surface area contributed by atoms with Crippen LogP contribution in [0.4, 0.5) is 0 Å². The minimum atomic E-state index is 0.795. The number of rotatable bonds is 1. The molecule has 0 aliphatic rings. The lowest BCUT2D eigenvalue weighted by Crippen LogP contribution is -1.74. The molecule has 0 fully saturated rings. The monoisotopic (exact) mass is 161 g/mol. The Morgan fingerprint density at radius 3 is 2.73 bits per heavy atom. The molecule has 0 amide bonds. The summed E-state index contributed by atoms with van der Waals surface area (Å²) >= 11 is 0. The summed E-state index contributed by atoms with van der Waals surface area (Å²) in [5, 5.41) is 1.34. The van der Waals surface area contributed by atoms with Gasteiger partial charge in [-0.1, -0.05) is 12.1 Å². The third-order valence-electron chi connectivity index (χ3n) is 1.54. The molecule has 0 aromatic carbocycles. The summed E-state index contributed by atoms with van der Waals surface area (Å²) in [6, 6.07) is 10.2. The molecule has 1 nitrogen and oxygen atoms in total. The summed E-state index contributed by atoms with van der Waals surface area (Å²) in [4.78, 5) is 4.26. The van der Waals surface area contributed by atoms with Crippen LogP contribution >= 0.6 is 8.19 Å². The second-order valence-electron chi connectivity index (χ2n) is 2.30. The zero-order chi connectivity index (χ0) is 7.52. The third-order valence-corrected chi connectivity index (χ3v) is 2.63. The van der Waals surface area contributed by atoms with Crippen LogP contribution in [0.2, 0.25) is 0 Å². The van der Waals surface area contributed by atoms with E-state index in [9.17, 15) is 0 Å². The summed E-state index contributed by atoms with van der Waals surface area (Å²) in [6.45, 7) is 0. The van der Waals surface area contributed by atoms with Crippen molar-refractivity contribution in [1.29, 1.82) is 0 Å². The minimum Gasteiger partial charge on any atom is -0.256 e. The molecule has 1 atom stereocenters. The first-order valence-corrected chi connectivity index (χ1v) is 4.59. The summed E-state index contributed by atoms with van der Waals surface area (Å²) in [7, 11) is 0.795. The summed E-state index contributed by atoms with van der Waals surface area (Å²) in [5.41, 5.74) is 1.11. The van der Waals surface area contributed by atoms with Gasteiger partial charge in [-0.2, -0.15) is 0 Å². The van der Waals surface area contributed by atoms with E-state index in [4.69, 9.17) is 0 Å². The van der Waals surface area contributed by atoms with Gasteiger partial charge in [0.25, 0.3) is 0 Å². The largest absolute Gasteiger partial charge is 0.256 e. The van der Waals surface area contributed by atoms with E-state index in [1.165, 1.54) is 5.30 Å². The molecule has 0 radical (unpaired) electrons. The van der Waals surface area contributed by atoms with Crippen molar-refractivity contribution in [2.24, 2.45) is 0 Å². The lowest BCUT2D eigenvalue weighted by atomic mass is 10.3. The lowest BCUT2D eigenvalue weighted by molar-refractivity contribution is 1.34. The van der Waals surface area contributed by atoms with Crippen LogP contribution in [0.25, 0.3) is 11.0 Å². The molecule has 2 rings (SSSR count). The fourth-order valence-corrected chi connectivity index (χ4v) is 1.87. The molecule has 2 heterocycles. The van der Waals surface area contributed by atoms with Crippen molar-refractivity contribution in [1.82, 2.24) is 4.98 Å². The highest BCUT2D eigenvalue weighted by Gasteiger charge is 1.94. The van der Waals surface area contributed by atoms with Crippen molar-refractivity contribution in [3.63, 3.8) is 0 Å². The quantitative estimate of drug-likeness (QED) is 0.626. The van der Waals surface area contributed by atoms with Crippen LogP contribution < -0.4 is 0 Å². The predicted molar refractivity (Wildman–Crippen MR) is 49.2 cm³/mol. The van der Waals surface area contributed by atoms with Gasteiger partial charge in [0.1, 0.15) is 0 Å². The highest BCUT2D eigenvalue weighted by atomic mass is 31.0. The SMILES string of the molecule is c1ccc(-c2ccc[pH]2)nc1. The van der Waals surface area contributed by atoms with Crippen molar-refractivity contribution in [3.8, 4) is 11.0 Å². The Morgan fingerprint density at radius 1 is 1.09 bits per heavy atom. The van der Waals surface area contributed by atoms with Gasteiger partial charge >= 0.3 is 0 Å². The van der Waals surface area contributed by atoms with E-state index >= 15 is 0 Å². The molecule has 0 aliphatic carbocycles. The normalized spacial score (nSPS) is 10.5. The van der Waals surface area contributed by atoms with Gasteiger partial charge < -0.3 is 0 Å². The summed E-state index contributed by atoms with van der Waals surface area (Å²) in [5.74, 6) is 2.17. The first-order chi connectivity index (χ1) is 5.47. The smallest absolute Gasteiger partial charge is 0.0738 e. The Bertz CT molecular complexity index is 313. The topological polar surface area (TPSA) is 12.9 Å². The summed E-state index contributed by atoms with van der Waals surface area (Å²) in [6.07, 6.45) is 1.83. The van der Waals surface area contributed by atoms with Crippen LogP contribution in [0.3, 0.4) is 0 Å². The Hall–Kier alpha value is -1.07. The molecule has 2 aromatic heterocycles. The Balaban J connectivity index is 2.46. The number of pyridine rings is 1. The second kappa shape index (κ2) is 2.89. The van der Waals surface area contributed by atoms with E-state index in [1.807, 2.05) is 24.4 Å². The molecule has 0 aliphatic heterocycles. The zero-order valence-electron chi connectivity index (χ0n) is 5.99. The first-order valence-electron chi connectivity index (χ1n) is 3.51. The third kappa shape index (κ3) is 1.33. The van der Waals surface area contributed by atoms with Crippen molar-refractivity contribution in [2.45, 2.75) is 0 Å². The average molecular weight is 161 g/mol. The van der Waals surface area contributed by atoms with Crippen molar-refractivity contribution in [2.75, 3.05) is 0 Å². The van der Waals surface area contributed by atoms with E-state index in [2.05, 4.69) is 22.9 Å². The van der Waals surface area contributed by atoms with E-state index in [0.29, 0.717) is 0 Å². The molecule has 0 saturated heterocycles. The molecule has 0 spiro atoms. The van der Waals surface area contributed by atoms with Gasteiger partial charge in [-0.3, -0.25) is 4.98 Å². The van der Waals surface area contributed by atoms with Gasteiger partial charge in [-0.25, -0.2) is 0 Å². The Kier molecular flexibility index (Phi) is 1.74. The standard InChI is InChI=1S/C9H8NP/c1-2-6-10-8(4-1)9-5-3-7-11-9/h1-7,11H. The highest BCUT2D eigenvalue weighted by molar-refractivity contribution is 7.33. The van der Waals surface area contributed by atoms with Crippen LogP contribution in [0, 0.1) is 0 Å². The fraction of sp³-hybridized carbons (Fsp3) is 0. The maximum Gasteiger partial charge on any atom is 0.0738 e. The number of nitrogens with zero attached hydrogens (tertiary/aromatic N) is 1. The van der Waals surface area contributed by atoms with E-state index in [1.54, 1.807) is 0 Å². The molecular formula is C9H8NP. The van der Waals surface area contributed by atoms with E-state index < -0.39 is 0 Å². The van der Waals surface area contributed by atoms with Crippen molar-refractivity contribution in [3.05, 3.63) is 42.3 Å². The molecule has 54 valence electrons. The van der Waals surface area contributed by atoms with Gasteiger partial charge in [0.15, 0.2) is 0 Å². The average Bonchev–Trinajstić information content (AvgIpc) is 2.58. The second-order valence-corrected chi connectivity index (χ2v) is 3.46. The van der Waals surface area contributed by atoms with E-state index in [-0.39, 0.29) is 0 Å². The van der Waals surface area contributed by atoms with Crippen molar-refractivity contribution >= 4 is 8.19 Å². The Labute approximate surface area is 67.2 Å². The maximum atomic E-state index is 4.26. The number of hydrogen-bond donors (Lipinski definition) is 0. The molecule has 0 bridgehead atoms. The minimum absolute atomic E-state index is 0.795. The zero-order valence-corrected chi connectivity index (χ0v) is 6.99. The first kappa shape index (κ1) is 6.63. The molecule has 0 N–H and O–H groups in total. The maximum absolute atomic E-state index is 4.26.